The number of carbonyl (C=O) groups is 1. The molecular formula is C16H19NO3. The summed E-state index contributed by atoms with van der Waals surface area (Å²) in [7, 11) is 0. The molecule has 2 rings (SSSR count). The topological polar surface area (TPSA) is 52.3 Å². The Kier molecular flexibility index (Phi) is 4.23. The largest absolute Gasteiger partial charge is 0.460 e. The van der Waals surface area contributed by atoms with Crippen molar-refractivity contribution in [1.82, 2.24) is 4.98 Å². The van der Waals surface area contributed by atoms with Gasteiger partial charge in [-0.05, 0) is 39.3 Å². The van der Waals surface area contributed by atoms with Gasteiger partial charge in [0.05, 0.1) is 12.3 Å². The number of aryl methyl sites for hydroxylation is 3. The van der Waals surface area contributed by atoms with E-state index in [0.717, 1.165) is 16.7 Å². The lowest BCUT2D eigenvalue weighted by molar-refractivity contribution is 0.0489. The van der Waals surface area contributed by atoms with E-state index in [0.29, 0.717) is 24.6 Å². The number of benzene rings is 1. The zero-order valence-corrected chi connectivity index (χ0v) is 12.3. The highest BCUT2D eigenvalue weighted by Crippen LogP contribution is 2.25. The van der Waals surface area contributed by atoms with Crippen LogP contribution in [0.5, 0.6) is 0 Å². The Morgan fingerprint density at radius 3 is 2.40 bits per heavy atom. The fraction of sp³-hybridized carbons (Fsp3) is 0.375. The summed E-state index contributed by atoms with van der Waals surface area (Å²) in [6.45, 7) is 8.07. The van der Waals surface area contributed by atoms with Gasteiger partial charge in [0.25, 0.3) is 0 Å². The lowest BCUT2D eigenvalue weighted by Gasteiger charge is -2.01. The smallest absolute Gasteiger partial charge is 0.376 e. The standard InChI is InChI=1S/C16H19NO3/c1-5-13-14(16(18)19-6-2)20-15(17-13)12-8-10(3)7-11(4)9-12/h7-9H,5-6H2,1-4H3. The molecule has 0 aliphatic carbocycles. The van der Waals surface area contributed by atoms with Gasteiger partial charge < -0.3 is 9.15 Å². The van der Waals surface area contributed by atoms with Crippen molar-refractivity contribution in [2.75, 3.05) is 6.61 Å². The van der Waals surface area contributed by atoms with Crippen molar-refractivity contribution in [1.29, 1.82) is 0 Å². The molecule has 0 amide bonds. The van der Waals surface area contributed by atoms with Gasteiger partial charge in [0.2, 0.25) is 11.7 Å². The summed E-state index contributed by atoms with van der Waals surface area (Å²) in [5.74, 6) is 0.229. The molecular weight excluding hydrogens is 254 g/mol. The number of oxazole rings is 1. The van der Waals surface area contributed by atoms with Crippen molar-refractivity contribution < 1.29 is 13.9 Å². The third kappa shape index (κ3) is 2.90. The molecule has 0 saturated carbocycles. The van der Waals surface area contributed by atoms with Crippen LogP contribution in [0, 0.1) is 13.8 Å². The Hall–Kier alpha value is -2.10. The Morgan fingerprint density at radius 2 is 1.85 bits per heavy atom. The molecule has 2 aromatic rings. The Morgan fingerprint density at radius 1 is 1.20 bits per heavy atom. The molecule has 0 saturated heterocycles. The predicted molar refractivity (Wildman–Crippen MR) is 76.7 cm³/mol. The number of hydrogen-bond acceptors (Lipinski definition) is 4. The molecule has 0 aliphatic rings. The minimum absolute atomic E-state index is 0.212. The third-order valence-corrected chi connectivity index (χ3v) is 2.96. The van der Waals surface area contributed by atoms with Gasteiger partial charge >= 0.3 is 5.97 Å². The summed E-state index contributed by atoms with van der Waals surface area (Å²) in [4.78, 5) is 16.3. The van der Waals surface area contributed by atoms with Gasteiger partial charge in [-0.25, -0.2) is 9.78 Å². The highest BCUT2D eigenvalue weighted by atomic mass is 16.5. The highest BCUT2D eigenvalue weighted by molar-refractivity contribution is 5.88. The number of hydrogen-bond donors (Lipinski definition) is 0. The van der Waals surface area contributed by atoms with Gasteiger partial charge in [0.1, 0.15) is 0 Å². The predicted octanol–water partition coefficient (Wildman–Crippen LogP) is 3.70. The normalized spacial score (nSPS) is 10.6. The Balaban J connectivity index is 2.45. The summed E-state index contributed by atoms with van der Waals surface area (Å²) in [5.41, 5.74) is 3.79. The van der Waals surface area contributed by atoms with E-state index in [2.05, 4.69) is 11.1 Å². The van der Waals surface area contributed by atoms with E-state index in [9.17, 15) is 4.79 Å². The highest BCUT2D eigenvalue weighted by Gasteiger charge is 2.21. The van der Waals surface area contributed by atoms with Crippen LogP contribution in [-0.4, -0.2) is 17.6 Å². The van der Waals surface area contributed by atoms with Crippen molar-refractivity contribution in [3.05, 3.63) is 40.8 Å². The number of aromatic nitrogens is 1. The number of esters is 1. The van der Waals surface area contributed by atoms with E-state index in [-0.39, 0.29) is 5.76 Å². The monoisotopic (exact) mass is 273 g/mol. The molecule has 106 valence electrons. The number of ether oxygens (including phenoxy) is 1. The lowest BCUT2D eigenvalue weighted by atomic mass is 10.1. The fourth-order valence-electron chi connectivity index (χ4n) is 2.17. The summed E-state index contributed by atoms with van der Waals surface area (Å²) in [5, 5.41) is 0. The van der Waals surface area contributed by atoms with Gasteiger partial charge in [0.15, 0.2) is 0 Å². The Labute approximate surface area is 118 Å². The van der Waals surface area contributed by atoms with Crippen molar-refractivity contribution in [3.63, 3.8) is 0 Å². The molecule has 1 aromatic heterocycles. The van der Waals surface area contributed by atoms with Gasteiger partial charge in [-0.15, -0.1) is 0 Å². The van der Waals surface area contributed by atoms with Gasteiger partial charge in [-0.3, -0.25) is 0 Å². The summed E-state index contributed by atoms with van der Waals surface area (Å²) in [6.07, 6.45) is 0.627. The molecule has 1 heterocycles. The maximum Gasteiger partial charge on any atom is 0.376 e. The average molecular weight is 273 g/mol. The van der Waals surface area contributed by atoms with E-state index in [1.165, 1.54) is 0 Å². The number of rotatable bonds is 4. The van der Waals surface area contributed by atoms with Crippen LogP contribution in [0.3, 0.4) is 0 Å². The van der Waals surface area contributed by atoms with Crippen LogP contribution in [0.2, 0.25) is 0 Å². The maximum atomic E-state index is 11.8. The average Bonchev–Trinajstić information content (AvgIpc) is 2.82. The molecule has 0 N–H and O–H groups in total. The second-order valence-electron chi connectivity index (χ2n) is 4.75. The van der Waals surface area contributed by atoms with Crippen molar-refractivity contribution in [2.45, 2.75) is 34.1 Å². The van der Waals surface area contributed by atoms with Crippen LogP contribution in [0.4, 0.5) is 0 Å². The van der Waals surface area contributed by atoms with E-state index >= 15 is 0 Å². The minimum Gasteiger partial charge on any atom is -0.460 e. The van der Waals surface area contributed by atoms with E-state index in [1.54, 1.807) is 6.92 Å². The molecule has 0 unspecified atom stereocenters. The first-order valence-corrected chi connectivity index (χ1v) is 6.80. The first-order chi connectivity index (χ1) is 9.55. The van der Waals surface area contributed by atoms with E-state index in [4.69, 9.17) is 9.15 Å². The number of carbonyl (C=O) groups excluding carboxylic acids is 1. The van der Waals surface area contributed by atoms with Crippen molar-refractivity contribution in [2.24, 2.45) is 0 Å². The van der Waals surface area contributed by atoms with Crippen LogP contribution in [-0.2, 0) is 11.2 Å². The second kappa shape index (κ2) is 5.90. The molecule has 0 aliphatic heterocycles. The van der Waals surface area contributed by atoms with Gasteiger partial charge in [-0.1, -0.05) is 24.1 Å². The first-order valence-electron chi connectivity index (χ1n) is 6.80. The fourth-order valence-corrected chi connectivity index (χ4v) is 2.17. The van der Waals surface area contributed by atoms with Gasteiger partial charge in [-0.2, -0.15) is 0 Å². The first kappa shape index (κ1) is 14.3. The minimum atomic E-state index is -0.451. The van der Waals surface area contributed by atoms with Crippen LogP contribution >= 0.6 is 0 Å². The van der Waals surface area contributed by atoms with Crippen LogP contribution in [0.1, 0.15) is 41.2 Å². The maximum absolute atomic E-state index is 11.8. The number of nitrogens with zero attached hydrogens (tertiary/aromatic N) is 1. The molecule has 0 bridgehead atoms. The zero-order valence-electron chi connectivity index (χ0n) is 12.3. The lowest BCUT2D eigenvalue weighted by Crippen LogP contribution is -2.05. The van der Waals surface area contributed by atoms with Crippen molar-refractivity contribution in [3.8, 4) is 11.5 Å². The zero-order chi connectivity index (χ0) is 14.7. The summed E-state index contributed by atoms with van der Waals surface area (Å²) < 4.78 is 10.6. The summed E-state index contributed by atoms with van der Waals surface area (Å²) in [6, 6.07) is 6.07. The molecule has 20 heavy (non-hydrogen) atoms. The molecule has 0 spiro atoms. The molecule has 0 fully saturated rings. The van der Waals surface area contributed by atoms with Gasteiger partial charge in [0, 0.05) is 5.56 Å². The summed E-state index contributed by atoms with van der Waals surface area (Å²) >= 11 is 0. The van der Waals surface area contributed by atoms with E-state index in [1.807, 2.05) is 32.9 Å². The SMILES string of the molecule is CCOC(=O)c1oc(-c2cc(C)cc(C)c2)nc1CC. The second-order valence-corrected chi connectivity index (χ2v) is 4.75. The molecule has 0 radical (unpaired) electrons. The van der Waals surface area contributed by atoms with Crippen LogP contribution < -0.4 is 0 Å². The molecule has 1 aromatic carbocycles. The van der Waals surface area contributed by atoms with Crippen molar-refractivity contribution >= 4 is 5.97 Å². The third-order valence-electron chi connectivity index (χ3n) is 2.96. The molecule has 0 atom stereocenters. The molecule has 4 heteroatoms. The van der Waals surface area contributed by atoms with Crippen LogP contribution in [0.15, 0.2) is 22.6 Å². The van der Waals surface area contributed by atoms with Crippen LogP contribution in [0.25, 0.3) is 11.5 Å². The van der Waals surface area contributed by atoms with E-state index < -0.39 is 5.97 Å². The quantitative estimate of drug-likeness (QED) is 0.797. The molecule has 4 nitrogen and oxygen atoms in total. The Bertz CT molecular complexity index is 608.